The molecule has 1 unspecified atom stereocenters. The van der Waals surface area contributed by atoms with Crippen LogP contribution in [0.1, 0.15) is 18.9 Å². The van der Waals surface area contributed by atoms with E-state index in [1.165, 1.54) is 26.2 Å². The normalized spacial score (nSPS) is 12.9. The van der Waals surface area contributed by atoms with Crippen LogP contribution in [0.4, 0.5) is 5.69 Å². The van der Waals surface area contributed by atoms with Crippen molar-refractivity contribution in [1.29, 1.82) is 0 Å². The highest BCUT2D eigenvalue weighted by Crippen LogP contribution is 2.22. The first kappa shape index (κ1) is 19.3. The number of hydrogen-bond acceptors (Lipinski definition) is 4. The Kier molecular flexibility index (Phi) is 6.93. The van der Waals surface area contributed by atoms with Crippen LogP contribution in [-0.2, 0) is 19.6 Å². The molecule has 0 aliphatic heterocycles. The maximum absolute atomic E-state index is 12.2. The number of carbonyl (C=O) groups excluding carboxylic acids is 1. The highest BCUT2D eigenvalue weighted by molar-refractivity contribution is 7.89. The van der Waals surface area contributed by atoms with Gasteiger partial charge in [0.1, 0.15) is 6.10 Å². The second-order valence-corrected chi connectivity index (χ2v) is 7.50. The van der Waals surface area contributed by atoms with Crippen LogP contribution >= 0.6 is 0 Å². The van der Waals surface area contributed by atoms with Crippen molar-refractivity contribution in [2.45, 2.75) is 31.3 Å². The van der Waals surface area contributed by atoms with Crippen LogP contribution in [0, 0.1) is 6.92 Å². The lowest BCUT2D eigenvalue weighted by Gasteiger charge is -2.16. The van der Waals surface area contributed by atoms with Gasteiger partial charge in [-0.05, 0) is 38.0 Å². The number of ether oxygens (including phenoxy) is 1. The molecule has 1 aromatic carbocycles. The molecule has 0 heterocycles. The van der Waals surface area contributed by atoms with E-state index in [9.17, 15) is 13.2 Å². The van der Waals surface area contributed by atoms with Crippen LogP contribution in [0.25, 0.3) is 0 Å². The van der Waals surface area contributed by atoms with Gasteiger partial charge < -0.3 is 10.1 Å². The molecule has 1 amide bonds. The molecule has 0 fully saturated rings. The minimum Gasteiger partial charge on any atom is -0.368 e. The van der Waals surface area contributed by atoms with Crippen molar-refractivity contribution in [3.63, 3.8) is 0 Å². The second kappa shape index (κ2) is 8.24. The van der Waals surface area contributed by atoms with E-state index < -0.39 is 16.1 Å². The summed E-state index contributed by atoms with van der Waals surface area (Å²) in [5, 5.41) is 2.72. The van der Waals surface area contributed by atoms with E-state index in [2.05, 4.69) is 11.9 Å². The van der Waals surface area contributed by atoms with E-state index in [4.69, 9.17) is 4.74 Å². The van der Waals surface area contributed by atoms with Gasteiger partial charge in [-0.1, -0.05) is 12.1 Å². The molecule has 6 nitrogen and oxygen atoms in total. The number of nitrogens with zero attached hydrogens (tertiary/aromatic N) is 1. The highest BCUT2D eigenvalue weighted by atomic mass is 32.2. The molecule has 1 aromatic rings. The largest absolute Gasteiger partial charge is 0.368 e. The summed E-state index contributed by atoms with van der Waals surface area (Å²) in [6.07, 6.45) is 1.74. The number of sulfonamides is 1. The summed E-state index contributed by atoms with van der Waals surface area (Å²) >= 11 is 0. The number of aryl methyl sites for hydroxylation is 1. The number of benzene rings is 1. The zero-order valence-electron chi connectivity index (χ0n) is 14.0. The molecule has 0 saturated heterocycles. The third-order valence-electron chi connectivity index (χ3n) is 3.30. The molecule has 0 spiro atoms. The fraction of sp³-hybridized carbons (Fsp3) is 0.438. The zero-order valence-corrected chi connectivity index (χ0v) is 14.8. The monoisotopic (exact) mass is 340 g/mol. The predicted octanol–water partition coefficient (Wildman–Crippen LogP) is 2.17. The fourth-order valence-corrected chi connectivity index (χ4v) is 2.67. The van der Waals surface area contributed by atoms with E-state index in [1.807, 2.05) is 0 Å². The van der Waals surface area contributed by atoms with Crippen LogP contribution in [0.15, 0.2) is 35.7 Å². The van der Waals surface area contributed by atoms with Gasteiger partial charge in [-0.25, -0.2) is 12.7 Å². The maximum Gasteiger partial charge on any atom is 0.253 e. The Morgan fingerprint density at radius 3 is 2.65 bits per heavy atom. The van der Waals surface area contributed by atoms with Crippen molar-refractivity contribution in [3.8, 4) is 0 Å². The quantitative estimate of drug-likeness (QED) is 0.581. The third-order valence-corrected chi connectivity index (χ3v) is 5.12. The molecular weight excluding hydrogens is 316 g/mol. The van der Waals surface area contributed by atoms with E-state index in [-0.39, 0.29) is 10.8 Å². The molecule has 23 heavy (non-hydrogen) atoms. The average Bonchev–Trinajstić information content (AvgIpc) is 2.49. The van der Waals surface area contributed by atoms with Crippen LogP contribution < -0.4 is 5.32 Å². The second-order valence-electron chi connectivity index (χ2n) is 5.34. The van der Waals surface area contributed by atoms with Gasteiger partial charge in [-0.15, -0.1) is 6.58 Å². The van der Waals surface area contributed by atoms with Gasteiger partial charge in [0, 0.05) is 19.8 Å². The summed E-state index contributed by atoms with van der Waals surface area (Å²) < 4.78 is 30.8. The number of nitrogens with one attached hydrogen (secondary N) is 1. The van der Waals surface area contributed by atoms with Crippen molar-refractivity contribution >= 4 is 21.6 Å². The van der Waals surface area contributed by atoms with Crippen LogP contribution in [0.3, 0.4) is 0 Å². The van der Waals surface area contributed by atoms with Gasteiger partial charge >= 0.3 is 0 Å². The number of hydrogen-bond donors (Lipinski definition) is 1. The Labute approximate surface area is 138 Å². The Balaban J connectivity index is 2.92. The zero-order chi connectivity index (χ0) is 17.6. The van der Waals surface area contributed by atoms with Crippen molar-refractivity contribution in [3.05, 3.63) is 36.4 Å². The lowest BCUT2D eigenvalue weighted by Crippen LogP contribution is -2.28. The predicted molar refractivity (Wildman–Crippen MR) is 90.9 cm³/mol. The molecule has 0 radical (unpaired) electrons. The van der Waals surface area contributed by atoms with Crippen molar-refractivity contribution in [1.82, 2.24) is 4.31 Å². The molecule has 0 aliphatic carbocycles. The van der Waals surface area contributed by atoms with Gasteiger partial charge in [0.25, 0.3) is 5.91 Å². The lowest BCUT2D eigenvalue weighted by atomic mass is 10.2. The van der Waals surface area contributed by atoms with Crippen LogP contribution in [0.5, 0.6) is 0 Å². The molecule has 1 N–H and O–H groups in total. The van der Waals surface area contributed by atoms with Gasteiger partial charge in [0.05, 0.1) is 11.5 Å². The van der Waals surface area contributed by atoms with Gasteiger partial charge in [0.2, 0.25) is 10.0 Å². The van der Waals surface area contributed by atoms with Gasteiger partial charge in [-0.2, -0.15) is 0 Å². The summed E-state index contributed by atoms with van der Waals surface area (Å²) in [7, 11) is -0.628. The highest BCUT2D eigenvalue weighted by Gasteiger charge is 2.20. The average molecular weight is 340 g/mol. The summed E-state index contributed by atoms with van der Waals surface area (Å²) in [5.41, 5.74) is 1.23. The number of amides is 1. The fourth-order valence-electron chi connectivity index (χ4n) is 1.75. The minimum absolute atomic E-state index is 0.128. The topological polar surface area (TPSA) is 75.7 Å². The molecular formula is C16H24N2O4S. The Bertz CT molecular complexity index is 669. The molecule has 128 valence electrons. The van der Waals surface area contributed by atoms with E-state index >= 15 is 0 Å². The Morgan fingerprint density at radius 1 is 1.43 bits per heavy atom. The van der Waals surface area contributed by atoms with Crippen molar-refractivity contribution < 1.29 is 17.9 Å². The smallest absolute Gasteiger partial charge is 0.253 e. The number of anilines is 1. The minimum atomic E-state index is -3.55. The first-order chi connectivity index (χ1) is 10.7. The Hall–Kier alpha value is -1.70. The summed E-state index contributed by atoms with van der Waals surface area (Å²) in [6, 6.07) is 4.64. The lowest BCUT2D eigenvalue weighted by molar-refractivity contribution is -0.126. The number of rotatable bonds is 8. The van der Waals surface area contributed by atoms with Crippen molar-refractivity contribution in [2.24, 2.45) is 0 Å². The molecule has 7 heteroatoms. The molecule has 0 bridgehead atoms. The summed E-state index contributed by atoms with van der Waals surface area (Å²) in [5.74, 6) is -0.323. The van der Waals surface area contributed by atoms with E-state index in [1.54, 1.807) is 26.0 Å². The molecule has 1 atom stereocenters. The van der Waals surface area contributed by atoms with Crippen molar-refractivity contribution in [2.75, 3.05) is 26.0 Å². The first-order valence-electron chi connectivity index (χ1n) is 7.26. The molecule has 0 saturated carbocycles. The third kappa shape index (κ3) is 5.16. The summed E-state index contributed by atoms with van der Waals surface area (Å²) in [6.45, 7) is 7.44. The van der Waals surface area contributed by atoms with Gasteiger partial charge in [0.15, 0.2) is 0 Å². The van der Waals surface area contributed by atoms with E-state index in [0.29, 0.717) is 18.7 Å². The maximum atomic E-state index is 12.2. The molecule has 1 rings (SSSR count). The first-order valence-corrected chi connectivity index (χ1v) is 8.70. The SMILES string of the molecule is C=CCCOC(C)C(=O)Nc1cc(S(=O)(=O)N(C)C)ccc1C. The van der Waals surface area contributed by atoms with Gasteiger partial charge in [-0.3, -0.25) is 4.79 Å². The Morgan fingerprint density at radius 2 is 2.09 bits per heavy atom. The number of carbonyl (C=O) groups is 1. The molecule has 0 aromatic heterocycles. The van der Waals surface area contributed by atoms with E-state index in [0.717, 1.165) is 9.87 Å². The van der Waals surface area contributed by atoms with Crippen LogP contribution in [-0.4, -0.2) is 45.4 Å². The summed E-state index contributed by atoms with van der Waals surface area (Å²) in [4.78, 5) is 12.3. The molecule has 0 aliphatic rings. The van der Waals surface area contributed by atoms with Crippen LogP contribution in [0.2, 0.25) is 0 Å². The standard InChI is InChI=1S/C16H24N2O4S/c1-6-7-10-22-13(3)16(19)17-15-11-14(9-8-12(15)2)23(20,21)18(4)5/h6,8-9,11,13H,1,7,10H2,2-5H3,(H,17,19).